The first-order chi connectivity index (χ1) is 14.8. The summed E-state index contributed by atoms with van der Waals surface area (Å²) in [6, 6.07) is 6.39. The number of hydrogen-bond donors (Lipinski definition) is 2. The molecule has 2 aliphatic heterocycles. The molecule has 0 aromatic heterocycles. The van der Waals surface area contributed by atoms with Gasteiger partial charge < -0.3 is 24.8 Å². The van der Waals surface area contributed by atoms with Gasteiger partial charge >= 0.3 is 6.09 Å². The fourth-order valence-electron chi connectivity index (χ4n) is 4.22. The van der Waals surface area contributed by atoms with Crippen LogP contribution in [0.25, 0.3) is 0 Å². The predicted molar refractivity (Wildman–Crippen MR) is 122 cm³/mol. The molecule has 0 atom stereocenters. The lowest BCUT2D eigenvalue weighted by Gasteiger charge is -2.46. The molecule has 1 aromatic carbocycles. The number of anilines is 1. The van der Waals surface area contributed by atoms with Gasteiger partial charge in [0.25, 0.3) is 0 Å². The van der Waals surface area contributed by atoms with Crippen LogP contribution in [0.4, 0.5) is 10.5 Å². The Balaban J connectivity index is 1.70. The Morgan fingerprint density at radius 1 is 1.23 bits per heavy atom. The zero-order valence-electron chi connectivity index (χ0n) is 19.1. The number of rotatable bonds is 7. The second kappa shape index (κ2) is 10.4. The average Bonchev–Trinajstić information content (AvgIpc) is 2.73. The van der Waals surface area contributed by atoms with Crippen molar-refractivity contribution in [2.75, 3.05) is 31.2 Å². The van der Waals surface area contributed by atoms with Crippen molar-refractivity contribution in [3.63, 3.8) is 0 Å². The summed E-state index contributed by atoms with van der Waals surface area (Å²) in [6.07, 6.45) is 6.86. The maximum Gasteiger partial charge on any atom is 0.405 e. The van der Waals surface area contributed by atoms with Gasteiger partial charge in [-0.25, -0.2) is 4.79 Å². The zero-order chi connectivity index (χ0) is 22.3. The summed E-state index contributed by atoms with van der Waals surface area (Å²) >= 11 is 0. The van der Waals surface area contributed by atoms with Crippen LogP contribution in [0.3, 0.4) is 0 Å². The number of carbonyl (C=O) groups is 1. The highest BCUT2D eigenvalue weighted by atomic mass is 16.7. The van der Waals surface area contributed by atoms with E-state index in [-0.39, 0.29) is 13.2 Å². The maximum atomic E-state index is 11.5. The molecule has 6 nitrogen and oxygen atoms in total. The highest BCUT2D eigenvalue weighted by molar-refractivity contribution is 5.66. The van der Waals surface area contributed by atoms with Crippen LogP contribution < -0.4 is 10.2 Å². The van der Waals surface area contributed by atoms with Crippen molar-refractivity contribution in [1.82, 2.24) is 5.32 Å². The Hall–Kier alpha value is -2.23. The van der Waals surface area contributed by atoms with Crippen molar-refractivity contribution in [2.45, 2.75) is 77.0 Å². The van der Waals surface area contributed by atoms with Crippen LogP contribution in [0, 0.1) is 11.8 Å². The zero-order valence-corrected chi connectivity index (χ0v) is 19.1. The van der Waals surface area contributed by atoms with E-state index in [4.69, 9.17) is 9.47 Å². The van der Waals surface area contributed by atoms with Crippen molar-refractivity contribution in [1.29, 1.82) is 0 Å². The summed E-state index contributed by atoms with van der Waals surface area (Å²) in [6.45, 7) is 7.85. The Kier molecular flexibility index (Phi) is 7.85. The Morgan fingerprint density at radius 3 is 2.71 bits per heavy atom. The Labute approximate surface area is 186 Å². The van der Waals surface area contributed by atoms with Gasteiger partial charge in [0.15, 0.2) is 5.79 Å². The topological polar surface area (TPSA) is 71.0 Å². The molecule has 1 aromatic rings. The predicted octanol–water partition coefficient (Wildman–Crippen LogP) is 4.55. The SMILES string of the molecule is CCCCCCC#Cc1ccc2c(c1)CCCN2CC1(NC(=O)O)COC(C)(C)OC1. The molecule has 6 heteroatoms. The second-order valence-corrected chi connectivity index (χ2v) is 9.17. The van der Waals surface area contributed by atoms with E-state index in [1.54, 1.807) is 0 Å². The minimum absolute atomic E-state index is 0.278. The van der Waals surface area contributed by atoms with Crippen LogP contribution in [0.15, 0.2) is 18.2 Å². The minimum Gasteiger partial charge on any atom is -0.465 e. The first kappa shape index (κ1) is 23.4. The van der Waals surface area contributed by atoms with Crippen LogP contribution in [-0.2, 0) is 15.9 Å². The van der Waals surface area contributed by atoms with Crippen LogP contribution >= 0.6 is 0 Å². The van der Waals surface area contributed by atoms with Gasteiger partial charge in [0.1, 0.15) is 5.54 Å². The fraction of sp³-hybridized carbons (Fsp3) is 0.640. The number of nitrogens with zero attached hydrogens (tertiary/aromatic N) is 1. The number of ether oxygens (including phenoxy) is 2. The summed E-state index contributed by atoms with van der Waals surface area (Å²) in [5, 5.41) is 12.1. The molecule has 3 rings (SSSR count). The van der Waals surface area contributed by atoms with Gasteiger partial charge in [0.05, 0.1) is 13.2 Å². The molecule has 1 saturated heterocycles. The van der Waals surface area contributed by atoms with Crippen LogP contribution in [0.2, 0.25) is 0 Å². The van der Waals surface area contributed by atoms with E-state index < -0.39 is 17.4 Å². The van der Waals surface area contributed by atoms with E-state index in [1.807, 2.05) is 13.8 Å². The summed E-state index contributed by atoms with van der Waals surface area (Å²) in [7, 11) is 0. The van der Waals surface area contributed by atoms with E-state index in [0.29, 0.717) is 6.54 Å². The molecule has 0 aliphatic carbocycles. The lowest BCUT2D eigenvalue weighted by Crippen LogP contribution is -2.66. The molecular formula is C25H36N2O4. The van der Waals surface area contributed by atoms with Crippen molar-refractivity contribution in [2.24, 2.45) is 0 Å². The highest BCUT2D eigenvalue weighted by Gasteiger charge is 2.43. The van der Waals surface area contributed by atoms with Crippen molar-refractivity contribution < 1.29 is 19.4 Å². The van der Waals surface area contributed by atoms with E-state index in [2.05, 4.69) is 47.2 Å². The van der Waals surface area contributed by atoms with Crippen LogP contribution in [0.1, 0.15) is 70.4 Å². The number of hydrogen-bond acceptors (Lipinski definition) is 4. The Bertz CT molecular complexity index is 815. The van der Waals surface area contributed by atoms with Gasteiger partial charge in [0, 0.05) is 30.8 Å². The van der Waals surface area contributed by atoms with Gasteiger partial charge in [0.2, 0.25) is 0 Å². The van der Waals surface area contributed by atoms with Gasteiger partial charge in [-0.1, -0.05) is 38.0 Å². The lowest BCUT2D eigenvalue weighted by atomic mass is 9.94. The van der Waals surface area contributed by atoms with Crippen molar-refractivity contribution in [3.05, 3.63) is 29.3 Å². The fourth-order valence-corrected chi connectivity index (χ4v) is 4.22. The first-order valence-corrected chi connectivity index (χ1v) is 11.5. The number of nitrogens with one attached hydrogen (secondary N) is 1. The average molecular weight is 429 g/mol. The molecule has 0 saturated carbocycles. The molecule has 1 amide bonds. The van der Waals surface area contributed by atoms with Crippen molar-refractivity contribution in [3.8, 4) is 11.8 Å². The van der Waals surface area contributed by atoms with E-state index in [0.717, 1.165) is 37.1 Å². The van der Waals surface area contributed by atoms with Crippen LogP contribution in [0.5, 0.6) is 0 Å². The van der Waals surface area contributed by atoms with E-state index in [1.165, 1.54) is 31.2 Å². The first-order valence-electron chi connectivity index (χ1n) is 11.5. The van der Waals surface area contributed by atoms with E-state index in [9.17, 15) is 9.90 Å². The normalized spacial score (nSPS) is 19.1. The highest BCUT2D eigenvalue weighted by Crippen LogP contribution is 2.31. The number of amides is 1. The largest absolute Gasteiger partial charge is 0.465 e. The number of fused-ring (bicyclic) bond motifs is 1. The van der Waals surface area contributed by atoms with Gasteiger partial charge in [-0.05, 0) is 56.9 Å². The quantitative estimate of drug-likeness (QED) is 0.492. The smallest absolute Gasteiger partial charge is 0.405 e. The molecule has 0 spiro atoms. The lowest BCUT2D eigenvalue weighted by molar-refractivity contribution is -0.268. The van der Waals surface area contributed by atoms with Crippen LogP contribution in [-0.4, -0.2) is 48.8 Å². The molecule has 2 heterocycles. The van der Waals surface area contributed by atoms with Gasteiger partial charge in [-0.3, -0.25) is 0 Å². The third-order valence-corrected chi connectivity index (χ3v) is 5.94. The van der Waals surface area contributed by atoms with Gasteiger partial charge in [-0.15, -0.1) is 0 Å². The summed E-state index contributed by atoms with van der Waals surface area (Å²) in [4.78, 5) is 13.7. The molecule has 2 aliphatic rings. The molecule has 0 radical (unpaired) electrons. The molecule has 0 bridgehead atoms. The number of aryl methyl sites for hydroxylation is 1. The number of unbranched alkanes of at least 4 members (excludes halogenated alkanes) is 4. The number of benzene rings is 1. The third kappa shape index (κ3) is 6.62. The summed E-state index contributed by atoms with van der Waals surface area (Å²) in [5.74, 6) is 5.92. The van der Waals surface area contributed by atoms with E-state index >= 15 is 0 Å². The monoisotopic (exact) mass is 428 g/mol. The summed E-state index contributed by atoms with van der Waals surface area (Å²) < 4.78 is 11.6. The molecule has 2 N–H and O–H groups in total. The summed E-state index contributed by atoms with van der Waals surface area (Å²) in [5.41, 5.74) is 2.68. The van der Waals surface area contributed by atoms with Gasteiger partial charge in [-0.2, -0.15) is 0 Å². The molecule has 0 unspecified atom stereocenters. The Morgan fingerprint density at radius 2 is 2.00 bits per heavy atom. The standard InChI is InChI=1S/C25H36N2O4/c1-4-5-6-7-8-9-11-20-13-14-22-21(16-20)12-10-15-27(22)17-25(26-23(28)29)18-30-24(2,3)31-19-25/h13-14,16,26H,4-8,10,12,15,17-19H2,1-3H3,(H,28,29). The maximum absolute atomic E-state index is 11.5. The molecule has 170 valence electrons. The molecular weight excluding hydrogens is 392 g/mol. The molecule has 31 heavy (non-hydrogen) atoms. The minimum atomic E-state index is -1.06. The van der Waals surface area contributed by atoms with Crippen molar-refractivity contribution >= 4 is 11.8 Å². The third-order valence-electron chi connectivity index (χ3n) is 5.94. The molecule has 1 fully saturated rings. The second-order valence-electron chi connectivity index (χ2n) is 9.17. The number of carboxylic acid groups (broad SMARTS) is 1.